The predicted octanol–water partition coefficient (Wildman–Crippen LogP) is 0.405. The average Bonchev–Trinajstić information content (AvgIpc) is 3.00. The Morgan fingerprint density at radius 1 is 1.30 bits per heavy atom. The third-order valence-corrected chi connectivity index (χ3v) is 3.84. The van der Waals surface area contributed by atoms with Crippen molar-refractivity contribution in [2.75, 3.05) is 19.6 Å². The zero-order chi connectivity index (χ0) is 16.4. The third-order valence-electron chi connectivity index (χ3n) is 3.84. The summed E-state index contributed by atoms with van der Waals surface area (Å²) < 4.78 is 1.42. The van der Waals surface area contributed by atoms with Crippen molar-refractivity contribution in [1.29, 1.82) is 0 Å². The van der Waals surface area contributed by atoms with Crippen molar-refractivity contribution in [2.24, 2.45) is 5.73 Å². The van der Waals surface area contributed by atoms with E-state index in [1.165, 1.54) is 10.7 Å². The molecule has 1 saturated heterocycles. The fraction of sp³-hybridized carbons (Fsp3) is 0.312. The summed E-state index contributed by atoms with van der Waals surface area (Å²) in [5.41, 5.74) is 6.55. The first-order valence-electron chi connectivity index (χ1n) is 7.54. The van der Waals surface area contributed by atoms with E-state index in [1.54, 1.807) is 17.0 Å². The lowest BCUT2D eigenvalue weighted by molar-refractivity contribution is 0.0702. The van der Waals surface area contributed by atoms with Gasteiger partial charge in [-0.15, -0.1) is 0 Å². The number of nitrogens with two attached hydrogens (primary N) is 1. The number of rotatable bonds is 3. The molecular weight excluding hydrogens is 294 g/mol. The molecule has 0 aliphatic carbocycles. The van der Waals surface area contributed by atoms with E-state index < -0.39 is 5.91 Å². The lowest BCUT2D eigenvalue weighted by Crippen LogP contribution is -2.51. The van der Waals surface area contributed by atoms with Crippen LogP contribution in [0, 0.1) is 0 Å². The average molecular weight is 313 g/mol. The van der Waals surface area contributed by atoms with E-state index in [0.717, 1.165) is 6.54 Å². The van der Waals surface area contributed by atoms with Crippen LogP contribution in [0.4, 0.5) is 0 Å². The first-order valence-corrected chi connectivity index (χ1v) is 7.54. The number of para-hydroxylation sites is 1. The van der Waals surface area contributed by atoms with Crippen molar-refractivity contribution in [3.8, 4) is 5.69 Å². The van der Waals surface area contributed by atoms with Crippen LogP contribution in [0.2, 0.25) is 0 Å². The molecular formula is C16H19N5O2. The van der Waals surface area contributed by atoms with Crippen LogP contribution in [0.25, 0.3) is 5.69 Å². The zero-order valence-electron chi connectivity index (χ0n) is 12.9. The van der Waals surface area contributed by atoms with E-state index in [0.29, 0.717) is 18.8 Å². The Balaban J connectivity index is 1.95. The monoisotopic (exact) mass is 313 g/mol. The summed E-state index contributed by atoms with van der Waals surface area (Å²) in [6.07, 6.45) is 0. The van der Waals surface area contributed by atoms with Crippen LogP contribution in [0.1, 0.15) is 27.9 Å². The summed E-state index contributed by atoms with van der Waals surface area (Å²) in [4.78, 5) is 26.1. The van der Waals surface area contributed by atoms with Crippen LogP contribution in [-0.2, 0) is 0 Å². The van der Waals surface area contributed by atoms with E-state index in [4.69, 9.17) is 5.73 Å². The van der Waals surface area contributed by atoms with E-state index in [-0.39, 0.29) is 23.3 Å². The second kappa shape index (κ2) is 6.21. The van der Waals surface area contributed by atoms with Crippen molar-refractivity contribution < 1.29 is 9.59 Å². The van der Waals surface area contributed by atoms with E-state index in [9.17, 15) is 9.59 Å². The highest BCUT2D eigenvalue weighted by Crippen LogP contribution is 2.14. The van der Waals surface area contributed by atoms with Gasteiger partial charge in [-0.05, 0) is 19.1 Å². The molecule has 1 aliphatic rings. The van der Waals surface area contributed by atoms with Gasteiger partial charge in [-0.2, -0.15) is 5.10 Å². The summed E-state index contributed by atoms with van der Waals surface area (Å²) in [7, 11) is 0. The first kappa shape index (κ1) is 15.2. The van der Waals surface area contributed by atoms with E-state index >= 15 is 0 Å². The molecule has 120 valence electrons. The molecule has 0 unspecified atom stereocenters. The number of carbonyl (C=O) groups excluding carboxylic acids is 2. The van der Waals surface area contributed by atoms with Gasteiger partial charge in [0.25, 0.3) is 11.8 Å². The Kier molecular flexibility index (Phi) is 4.12. The van der Waals surface area contributed by atoms with Gasteiger partial charge >= 0.3 is 0 Å². The maximum Gasteiger partial charge on any atom is 0.274 e. The summed E-state index contributed by atoms with van der Waals surface area (Å²) in [6, 6.07) is 10.8. The van der Waals surface area contributed by atoms with Gasteiger partial charge in [-0.3, -0.25) is 9.59 Å². The van der Waals surface area contributed by atoms with Crippen LogP contribution in [0.5, 0.6) is 0 Å². The Morgan fingerprint density at radius 3 is 2.70 bits per heavy atom. The van der Waals surface area contributed by atoms with Crippen molar-refractivity contribution in [2.45, 2.75) is 13.0 Å². The summed E-state index contributed by atoms with van der Waals surface area (Å²) in [5, 5.41) is 7.59. The molecule has 2 amide bonds. The molecule has 7 nitrogen and oxygen atoms in total. The topological polar surface area (TPSA) is 93.2 Å². The molecule has 0 bridgehead atoms. The van der Waals surface area contributed by atoms with E-state index in [2.05, 4.69) is 10.4 Å². The fourth-order valence-corrected chi connectivity index (χ4v) is 2.71. The highest BCUT2D eigenvalue weighted by atomic mass is 16.2. The standard InChI is InChI=1S/C16H19N5O2/c1-11-10-20(8-7-18-11)16(23)13-9-14(15(17)22)21(19-13)12-5-3-2-4-6-12/h2-6,9,11,18H,7-8,10H2,1H3,(H2,17,22)/t11-/m1/s1. The van der Waals surface area contributed by atoms with Gasteiger partial charge in [-0.25, -0.2) is 4.68 Å². The van der Waals surface area contributed by atoms with E-state index in [1.807, 2.05) is 25.1 Å². The molecule has 1 fully saturated rings. The van der Waals surface area contributed by atoms with Crippen molar-refractivity contribution in [3.63, 3.8) is 0 Å². The normalized spacial score (nSPS) is 18.0. The molecule has 1 atom stereocenters. The lowest BCUT2D eigenvalue weighted by atomic mass is 10.2. The number of hydrogen-bond donors (Lipinski definition) is 2. The predicted molar refractivity (Wildman–Crippen MR) is 85.5 cm³/mol. The molecule has 1 aromatic heterocycles. The van der Waals surface area contributed by atoms with Crippen LogP contribution in [0.15, 0.2) is 36.4 Å². The Hall–Kier alpha value is -2.67. The summed E-state index contributed by atoms with van der Waals surface area (Å²) in [5.74, 6) is -0.801. The Morgan fingerprint density at radius 2 is 2.04 bits per heavy atom. The number of carbonyl (C=O) groups is 2. The summed E-state index contributed by atoms with van der Waals surface area (Å²) in [6.45, 7) is 4.00. The molecule has 1 aliphatic heterocycles. The molecule has 3 N–H and O–H groups in total. The number of benzene rings is 1. The van der Waals surface area contributed by atoms with Crippen LogP contribution >= 0.6 is 0 Å². The van der Waals surface area contributed by atoms with Crippen molar-refractivity contribution >= 4 is 11.8 Å². The molecule has 0 saturated carbocycles. The second-order valence-corrected chi connectivity index (χ2v) is 5.63. The first-order chi connectivity index (χ1) is 11.1. The van der Waals surface area contributed by atoms with Crippen LogP contribution < -0.4 is 11.1 Å². The highest BCUT2D eigenvalue weighted by molar-refractivity contribution is 5.97. The number of primary amides is 1. The zero-order valence-corrected chi connectivity index (χ0v) is 12.9. The van der Waals surface area contributed by atoms with Gasteiger partial charge in [0.05, 0.1) is 5.69 Å². The van der Waals surface area contributed by atoms with Crippen LogP contribution in [0.3, 0.4) is 0 Å². The van der Waals surface area contributed by atoms with Crippen molar-refractivity contribution in [1.82, 2.24) is 20.0 Å². The van der Waals surface area contributed by atoms with Gasteiger partial charge in [0, 0.05) is 31.7 Å². The smallest absolute Gasteiger partial charge is 0.274 e. The minimum Gasteiger partial charge on any atom is -0.364 e. The summed E-state index contributed by atoms with van der Waals surface area (Å²) >= 11 is 0. The Labute approximate surface area is 134 Å². The van der Waals surface area contributed by atoms with Gasteiger partial charge in [0.1, 0.15) is 5.69 Å². The molecule has 0 spiro atoms. The number of amides is 2. The highest BCUT2D eigenvalue weighted by Gasteiger charge is 2.25. The number of nitrogens with one attached hydrogen (secondary N) is 1. The molecule has 2 heterocycles. The molecule has 2 aromatic rings. The van der Waals surface area contributed by atoms with Gasteiger partial charge in [0.2, 0.25) is 0 Å². The number of nitrogens with zero attached hydrogens (tertiary/aromatic N) is 3. The molecule has 7 heteroatoms. The molecule has 0 radical (unpaired) electrons. The minimum atomic E-state index is -0.617. The minimum absolute atomic E-state index is 0.185. The Bertz CT molecular complexity index is 725. The number of aromatic nitrogens is 2. The number of hydrogen-bond acceptors (Lipinski definition) is 4. The lowest BCUT2D eigenvalue weighted by Gasteiger charge is -2.31. The van der Waals surface area contributed by atoms with Gasteiger partial charge < -0.3 is 16.0 Å². The van der Waals surface area contributed by atoms with Gasteiger partial charge in [0.15, 0.2) is 5.69 Å². The second-order valence-electron chi connectivity index (χ2n) is 5.63. The molecule has 23 heavy (non-hydrogen) atoms. The number of piperazine rings is 1. The fourth-order valence-electron chi connectivity index (χ4n) is 2.71. The molecule has 3 rings (SSSR count). The van der Waals surface area contributed by atoms with Crippen LogP contribution in [-0.4, -0.2) is 52.2 Å². The van der Waals surface area contributed by atoms with Gasteiger partial charge in [-0.1, -0.05) is 18.2 Å². The maximum absolute atomic E-state index is 12.6. The third kappa shape index (κ3) is 3.09. The largest absolute Gasteiger partial charge is 0.364 e. The quantitative estimate of drug-likeness (QED) is 0.858. The maximum atomic E-state index is 12.6. The molecule has 1 aromatic carbocycles. The SMILES string of the molecule is C[C@@H]1CN(C(=O)c2cc(C(N)=O)n(-c3ccccc3)n2)CCN1. The van der Waals surface area contributed by atoms with Crippen molar-refractivity contribution in [3.05, 3.63) is 47.8 Å².